The molecule has 2 aliphatic rings. The number of rotatable bonds is 8. The van der Waals surface area contributed by atoms with Gasteiger partial charge in [-0.3, -0.25) is 4.90 Å². The van der Waals surface area contributed by atoms with Crippen LogP contribution >= 0.6 is 0 Å². The predicted octanol–water partition coefficient (Wildman–Crippen LogP) is 2.78. The van der Waals surface area contributed by atoms with Crippen LogP contribution in [0.15, 0.2) is 24.3 Å². The number of carbonyl (C=O) groups is 1. The zero-order valence-corrected chi connectivity index (χ0v) is 15.8. The van der Waals surface area contributed by atoms with E-state index in [2.05, 4.69) is 22.0 Å². The molecule has 0 aromatic heterocycles. The van der Waals surface area contributed by atoms with Crippen LogP contribution in [0.4, 0.5) is 14.9 Å². The number of benzene rings is 1. The van der Waals surface area contributed by atoms with Gasteiger partial charge in [-0.2, -0.15) is 0 Å². The summed E-state index contributed by atoms with van der Waals surface area (Å²) < 4.78 is 13.0. The first kappa shape index (κ1) is 19.0. The van der Waals surface area contributed by atoms with Crippen LogP contribution in [0.5, 0.6) is 0 Å². The zero-order valence-electron chi connectivity index (χ0n) is 15.8. The summed E-state index contributed by atoms with van der Waals surface area (Å²) in [5, 5.41) is 3.09. The number of nitrogens with one attached hydrogen (secondary N) is 1. The SMILES string of the molecule is CCCN(CC1CC1)C(=O)NCCN1CCN(c2ccc(F)cc2)CC1. The maximum atomic E-state index is 13.0. The van der Waals surface area contributed by atoms with Gasteiger partial charge in [-0.25, -0.2) is 9.18 Å². The standard InChI is InChI=1S/C20H31FN4O/c1-2-10-25(16-17-3-4-17)20(26)22-9-11-23-12-14-24(15-13-23)19-7-5-18(21)6-8-19/h5-8,17H,2-4,9-16H2,1H3,(H,22,26). The summed E-state index contributed by atoms with van der Waals surface area (Å²) in [5.74, 6) is 0.536. The molecule has 6 heteroatoms. The summed E-state index contributed by atoms with van der Waals surface area (Å²) in [7, 11) is 0. The van der Waals surface area contributed by atoms with Gasteiger partial charge < -0.3 is 15.1 Å². The first-order valence-corrected chi connectivity index (χ1v) is 9.91. The molecule has 0 radical (unpaired) electrons. The van der Waals surface area contributed by atoms with Gasteiger partial charge in [-0.15, -0.1) is 0 Å². The van der Waals surface area contributed by atoms with Gasteiger partial charge >= 0.3 is 6.03 Å². The molecule has 1 heterocycles. The van der Waals surface area contributed by atoms with E-state index in [4.69, 9.17) is 0 Å². The summed E-state index contributed by atoms with van der Waals surface area (Å²) >= 11 is 0. The third kappa shape index (κ3) is 5.59. The Kier molecular flexibility index (Phi) is 6.72. The minimum atomic E-state index is -0.193. The molecule has 0 bridgehead atoms. The predicted molar refractivity (Wildman–Crippen MR) is 103 cm³/mol. The van der Waals surface area contributed by atoms with E-state index in [1.165, 1.54) is 25.0 Å². The lowest BCUT2D eigenvalue weighted by molar-refractivity contribution is 0.191. The van der Waals surface area contributed by atoms with Crippen LogP contribution in [-0.2, 0) is 0 Å². The normalized spacial score (nSPS) is 18.0. The van der Waals surface area contributed by atoms with Crippen LogP contribution in [-0.4, -0.2) is 68.2 Å². The fourth-order valence-corrected chi connectivity index (χ4v) is 3.47. The average molecular weight is 362 g/mol. The Hall–Kier alpha value is -1.82. The topological polar surface area (TPSA) is 38.8 Å². The summed E-state index contributed by atoms with van der Waals surface area (Å²) in [6.45, 7) is 9.25. The van der Waals surface area contributed by atoms with Crippen LogP contribution < -0.4 is 10.2 Å². The number of nitrogens with zero attached hydrogens (tertiary/aromatic N) is 3. The van der Waals surface area contributed by atoms with Crippen LogP contribution in [0.3, 0.4) is 0 Å². The van der Waals surface area contributed by atoms with E-state index in [0.717, 1.165) is 63.8 Å². The van der Waals surface area contributed by atoms with Crippen LogP contribution in [0, 0.1) is 11.7 Å². The number of carbonyl (C=O) groups excluding carboxylic acids is 1. The van der Waals surface area contributed by atoms with Gasteiger partial charge in [-0.1, -0.05) is 6.92 Å². The molecule has 1 aliphatic heterocycles. The molecule has 26 heavy (non-hydrogen) atoms. The van der Waals surface area contributed by atoms with Crippen molar-refractivity contribution in [2.75, 3.05) is 57.3 Å². The lowest BCUT2D eigenvalue weighted by Gasteiger charge is -2.36. The third-order valence-corrected chi connectivity index (χ3v) is 5.22. The maximum Gasteiger partial charge on any atom is 0.317 e. The Morgan fingerprint density at radius 2 is 1.88 bits per heavy atom. The molecule has 1 N–H and O–H groups in total. The van der Waals surface area contributed by atoms with Crippen LogP contribution in [0.2, 0.25) is 0 Å². The van der Waals surface area contributed by atoms with E-state index in [0.29, 0.717) is 6.54 Å². The molecule has 2 amide bonds. The summed E-state index contributed by atoms with van der Waals surface area (Å²) in [6.07, 6.45) is 3.54. The first-order chi connectivity index (χ1) is 12.7. The molecule has 1 aliphatic carbocycles. The number of piperazine rings is 1. The van der Waals surface area contributed by atoms with Crippen molar-refractivity contribution in [3.8, 4) is 0 Å². The van der Waals surface area contributed by atoms with Crippen molar-refractivity contribution < 1.29 is 9.18 Å². The summed E-state index contributed by atoms with van der Waals surface area (Å²) in [5.41, 5.74) is 1.08. The molecule has 2 fully saturated rings. The number of hydrogen-bond acceptors (Lipinski definition) is 3. The second-order valence-electron chi connectivity index (χ2n) is 7.43. The van der Waals surface area contributed by atoms with E-state index in [9.17, 15) is 9.18 Å². The van der Waals surface area contributed by atoms with Crippen molar-refractivity contribution in [1.82, 2.24) is 15.1 Å². The largest absolute Gasteiger partial charge is 0.369 e. The monoisotopic (exact) mass is 362 g/mol. The minimum absolute atomic E-state index is 0.0868. The van der Waals surface area contributed by atoms with E-state index >= 15 is 0 Å². The third-order valence-electron chi connectivity index (χ3n) is 5.22. The van der Waals surface area contributed by atoms with Crippen molar-refractivity contribution in [3.05, 3.63) is 30.1 Å². The lowest BCUT2D eigenvalue weighted by atomic mass is 10.2. The van der Waals surface area contributed by atoms with Crippen LogP contribution in [0.25, 0.3) is 0 Å². The molecule has 144 valence electrons. The molecule has 3 rings (SSSR count). The highest BCUT2D eigenvalue weighted by Gasteiger charge is 2.26. The fraction of sp³-hybridized carbons (Fsp3) is 0.650. The minimum Gasteiger partial charge on any atom is -0.369 e. The number of amides is 2. The van der Waals surface area contributed by atoms with Crippen molar-refractivity contribution in [2.45, 2.75) is 26.2 Å². The highest BCUT2D eigenvalue weighted by molar-refractivity contribution is 5.74. The summed E-state index contributed by atoms with van der Waals surface area (Å²) in [6, 6.07) is 6.80. The highest BCUT2D eigenvalue weighted by Crippen LogP contribution is 2.29. The molecule has 0 atom stereocenters. The molecule has 1 saturated heterocycles. The van der Waals surface area contributed by atoms with Crippen LogP contribution in [0.1, 0.15) is 26.2 Å². The molecular weight excluding hydrogens is 331 g/mol. The van der Waals surface area contributed by atoms with E-state index in [-0.39, 0.29) is 11.8 Å². The van der Waals surface area contributed by atoms with E-state index in [1.807, 2.05) is 17.0 Å². The molecule has 0 spiro atoms. The maximum absolute atomic E-state index is 13.0. The van der Waals surface area contributed by atoms with Gasteiger partial charge in [0, 0.05) is 58.0 Å². The van der Waals surface area contributed by atoms with Crippen molar-refractivity contribution >= 4 is 11.7 Å². The first-order valence-electron chi connectivity index (χ1n) is 9.91. The van der Waals surface area contributed by atoms with Crippen molar-refractivity contribution in [2.24, 2.45) is 5.92 Å². The molecular formula is C20H31FN4O. The Balaban J connectivity index is 1.35. The van der Waals surface area contributed by atoms with Gasteiger partial charge in [-0.05, 0) is 49.4 Å². The molecule has 5 nitrogen and oxygen atoms in total. The Morgan fingerprint density at radius 3 is 2.50 bits per heavy atom. The number of anilines is 1. The lowest BCUT2D eigenvalue weighted by Crippen LogP contribution is -2.49. The van der Waals surface area contributed by atoms with Crippen molar-refractivity contribution in [1.29, 1.82) is 0 Å². The Morgan fingerprint density at radius 1 is 1.19 bits per heavy atom. The van der Waals surface area contributed by atoms with Gasteiger partial charge in [0.25, 0.3) is 0 Å². The number of hydrogen-bond donors (Lipinski definition) is 1. The van der Waals surface area contributed by atoms with E-state index < -0.39 is 0 Å². The number of halogens is 1. The Labute approximate surface area is 156 Å². The highest BCUT2D eigenvalue weighted by atomic mass is 19.1. The second-order valence-corrected chi connectivity index (χ2v) is 7.43. The van der Waals surface area contributed by atoms with Gasteiger partial charge in [0.2, 0.25) is 0 Å². The number of urea groups is 1. The molecule has 1 aromatic carbocycles. The molecule has 1 aromatic rings. The zero-order chi connectivity index (χ0) is 18.4. The molecule has 0 unspecified atom stereocenters. The molecule has 1 saturated carbocycles. The van der Waals surface area contributed by atoms with Gasteiger partial charge in [0.05, 0.1) is 0 Å². The average Bonchev–Trinajstić information content (AvgIpc) is 3.47. The van der Waals surface area contributed by atoms with Gasteiger partial charge in [0.1, 0.15) is 5.82 Å². The second kappa shape index (κ2) is 9.21. The summed E-state index contributed by atoms with van der Waals surface area (Å²) in [4.78, 5) is 19.0. The van der Waals surface area contributed by atoms with Crippen molar-refractivity contribution in [3.63, 3.8) is 0 Å². The fourth-order valence-electron chi connectivity index (χ4n) is 3.47. The smallest absolute Gasteiger partial charge is 0.317 e. The van der Waals surface area contributed by atoms with E-state index in [1.54, 1.807) is 0 Å². The van der Waals surface area contributed by atoms with Gasteiger partial charge in [0.15, 0.2) is 0 Å². The Bertz CT molecular complexity index is 568. The quantitative estimate of drug-likeness (QED) is 0.773.